The van der Waals surface area contributed by atoms with E-state index in [9.17, 15) is 13.5 Å². The first-order chi connectivity index (χ1) is 8.78. The van der Waals surface area contributed by atoms with Crippen molar-refractivity contribution in [3.63, 3.8) is 0 Å². The summed E-state index contributed by atoms with van der Waals surface area (Å²) in [7, 11) is -2.95. The fraction of sp³-hybridized carbons (Fsp3) is 0.571. The molecule has 0 saturated carbocycles. The van der Waals surface area contributed by atoms with Crippen LogP contribution in [-0.4, -0.2) is 31.6 Å². The van der Waals surface area contributed by atoms with Crippen LogP contribution in [0.2, 0.25) is 0 Å². The third-order valence-electron chi connectivity index (χ3n) is 2.63. The average molecular weight is 286 g/mol. The topological polar surface area (TPSA) is 63.6 Å². The van der Waals surface area contributed by atoms with Crippen molar-refractivity contribution in [3.05, 3.63) is 29.8 Å². The minimum absolute atomic E-state index is 0.110. The summed E-state index contributed by atoms with van der Waals surface area (Å²) in [5, 5.41) is 9.95. The molecule has 1 rings (SSSR count). The van der Waals surface area contributed by atoms with E-state index in [0.29, 0.717) is 12.8 Å². The van der Waals surface area contributed by atoms with Gasteiger partial charge in [0.05, 0.1) is 12.2 Å². The molecule has 0 aliphatic carbocycles. The molecule has 0 aliphatic heterocycles. The van der Waals surface area contributed by atoms with Crippen LogP contribution in [0.25, 0.3) is 0 Å². The minimum Gasteiger partial charge on any atom is -0.491 e. The van der Waals surface area contributed by atoms with Gasteiger partial charge in [-0.15, -0.1) is 0 Å². The van der Waals surface area contributed by atoms with Gasteiger partial charge in [-0.1, -0.05) is 12.1 Å². The van der Waals surface area contributed by atoms with Gasteiger partial charge in [0.15, 0.2) is 0 Å². The van der Waals surface area contributed by atoms with E-state index in [1.165, 1.54) is 6.26 Å². The van der Waals surface area contributed by atoms with Crippen molar-refractivity contribution < 1.29 is 18.3 Å². The van der Waals surface area contributed by atoms with Gasteiger partial charge in [0.25, 0.3) is 0 Å². The van der Waals surface area contributed by atoms with E-state index < -0.39 is 15.9 Å². The maximum atomic E-state index is 11.0. The summed E-state index contributed by atoms with van der Waals surface area (Å²) in [6.07, 6.45) is 1.60. The first-order valence-corrected chi connectivity index (χ1v) is 8.46. The second-order valence-corrected chi connectivity index (χ2v) is 7.28. The number of hydrogen-bond donors (Lipinski definition) is 1. The van der Waals surface area contributed by atoms with E-state index in [-0.39, 0.29) is 11.9 Å². The lowest BCUT2D eigenvalue weighted by atomic mass is 10.1. The van der Waals surface area contributed by atoms with Crippen LogP contribution in [-0.2, 0) is 9.84 Å². The van der Waals surface area contributed by atoms with Crippen LogP contribution in [0.5, 0.6) is 5.75 Å². The number of aliphatic hydroxyl groups excluding tert-OH is 1. The lowest BCUT2D eigenvalue weighted by Gasteiger charge is -2.13. The van der Waals surface area contributed by atoms with Crippen molar-refractivity contribution in [3.8, 4) is 5.75 Å². The summed E-state index contributed by atoms with van der Waals surface area (Å²) < 4.78 is 27.5. The minimum atomic E-state index is -2.95. The molecule has 1 aromatic rings. The maximum absolute atomic E-state index is 11.0. The fourth-order valence-electron chi connectivity index (χ4n) is 1.75. The Morgan fingerprint density at radius 3 is 2.26 bits per heavy atom. The van der Waals surface area contributed by atoms with Crippen LogP contribution in [0.3, 0.4) is 0 Å². The Morgan fingerprint density at radius 2 is 1.79 bits per heavy atom. The number of sulfone groups is 1. The normalized spacial score (nSPS) is 13.5. The van der Waals surface area contributed by atoms with Gasteiger partial charge in [0, 0.05) is 12.0 Å². The third-order valence-corrected chi connectivity index (χ3v) is 3.66. The van der Waals surface area contributed by atoms with Crippen molar-refractivity contribution in [1.29, 1.82) is 0 Å². The highest BCUT2D eigenvalue weighted by atomic mass is 32.2. The first-order valence-electron chi connectivity index (χ1n) is 6.40. The van der Waals surface area contributed by atoms with Gasteiger partial charge < -0.3 is 9.84 Å². The molecule has 0 aromatic heterocycles. The van der Waals surface area contributed by atoms with Gasteiger partial charge >= 0.3 is 0 Å². The molecule has 1 N–H and O–H groups in total. The Kier molecular flexibility index (Phi) is 5.82. The predicted octanol–water partition coefficient (Wildman–Crippen LogP) is 2.33. The van der Waals surface area contributed by atoms with Crippen molar-refractivity contribution in [2.45, 2.75) is 38.9 Å². The van der Waals surface area contributed by atoms with Crippen molar-refractivity contribution >= 4 is 9.84 Å². The molecule has 108 valence electrons. The number of hydrogen-bond acceptors (Lipinski definition) is 4. The second-order valence-electron chi connectivity index (χ2n) is 5.02. The Morgan fingerprint density at radius 1 is 1.21 bits per heavy atom. The molecule has 0 aliphatic rings. The molecule has 0 heterocycles. The monoisotopic (exact) mass is 286 g/mol. The molecule has 0 radical (unpaired) electrons. The molecule has 19 heavy (non-hydrogen) atoms. The van der Waals surface area contributed by atoms with E-state index in [1.807, 2.05) is 38.1 Å². The van der Waals surface area contributed by atoms with E-state index in [0.717, 1.165) is 11.3 Å². The zero-order valence-electron chi connectivity index (χ0n) is 11.7. The quantitative estimate of drug-likeness (QED) is 0.835. The summed E-state index contributed by atoms with van der Waals surface area (Å²) in [5.41, 5.74) is 0.782. The van der Waals surface area contributed by atoms with Crippen LogP contribution in [0.4, 0.5) is 0 Å². The molecule has 0 saturated heterocycles. The summed E-state index contributed by atoms with van der Waals surface area (Å²) in [6.45, 7) is 3.90. The molecular formula is C14H22O4S. The van der Waals surface area contributed by atoms with Gasteiger partial charge in [-0.25, -0.2) is 8.42 Å². The Balaban J connectivity index is 2.51. The predicted molar refractivity (Wildman–Crippen MR) is 76.1 cm³/mol. The summed E-state index contributed by atoms with van der Waals surface area (Å²) in [5.74, 6) is 0.876. The average Bonchev–Trinajstić information content (AvgIpc) is 2.27. The highest BCUT2D eigenvalue weighted by Crippen LogP contribution is 2.22. The molecule has 4 nitrogen and oxygen atoms in total. The standard InChI is InChI=1S/C14H22O4S/c1-11(2)18-13-8-6-12(7-9-13)14(15)5-4-10-19(3,16)17/h6-9,11,14-15H,4-5,10H2,1-3H3. The Bertz CT molecular complexity index is 477. The zero-order chi connectivity index (χ0) is 14.5. The fourth-order valence-corrected chi connectivity index (χ4v) is 2.44. The second kappa shape index (κ2) is 6.91. The number of ether oxygens (including phenoxy) is 1. The molecule has 0 fully saturated rings. The van der Waals surface area contributed by atoms with Gasteiger partial charge in [-0.2, -0.15) is 0 Å². The van der Waals surface area contributed by atoms with Crippen LogP contribution >= 0.6 is 0 Å². The van der Waals surface area contributed by atoms with E-state index >= 15 is 0 Å². The molecule has 1 aromatic carbocycles. The number of rotatable bonds is 7. The van der Waals surface area contributed by atoms with E-state index in [4.69, 9.17) is 4.74 Å². The maximum Gasteiger partial charge on any atom is 0.147 e. The van der Waals surface area contributed by atoms with Gasteiger partial charge in [0.1, 0.15) is 15.6 Å². The zero-order valence-corrected chi connectivity index (χ0v) is 12.5. The van der Waals surface area contributed by atoms with Crippen LogP contribution in [0.1, 0.15) is 38.4 Å². The van der Waals surface area contributed by atoms with Crippen molar-refractivity contribution in [2.75, 3.05) is 12.0 Å². The molecule has 1 unspecified atom stereocenters. The summed E-state index contributed by atoms with van der Waals surface area (Å²) >= 11 is 0. The third kappa shape index (κ3) is 6.59. The van der Waals surface area contributed by atoms with Gasteiger partial charge in [-0.3, -0.25) is 0 Å². The largest absolute Gasteiger partial charge is 0.491 e. The van der Waals surface area contributed by atoms with E-state index in [2.05, 4.69) is 0 Å². The Hall–Kier alpha value is -1.07. The highest BCUT2D eigenvalue weighted by molar-refractivity contribution is 7.90. The van der Waals surface area contributed by atoms with Crippen LogP contribution in [0, 0.1) is 0 Å². The number of aliphatic hydroxyl groups is 1. The Labute approximate surface area is 115 Å². The molecule has 1 atom stereocenters. The number of benzene rings is 1. The molecule has 0 bridgehead atoms. The van der Waals surface area contributed by atoms with Gasteiger partial charge in [-0.05, 0) is 44.4 Å². The lowest BCUT2D eigenvalue weighted by Crippen LogP contribution is -2.07. The van der Waals surface area contributed by atoms with Crippen molar-refractivity contribution in [2.24, 2.45) is 0 Å². The molecule has 0 amide bonds. The first kappa shape index (κ1) is 16.0. The van der Waals surface area contributed by atoms with Gasteiger partial charge in [0.2, 0.25) is 0 Å². The SMILES string of the molecule is CC(C)Oc1ccc(C(O)CCCS(C)(=O)=O)cc1. The van der Waals surface area contributed by atoms with Crippen LogP contribution in [0.15, 0.2) is 24.3 Å². The van der Waals surface area contributed by atoms with E-state index in [1.54, 1.807) is 0 Å². The molecular weight excluding hydrogens is 264 g/mol. The van der Waals surface area contributed by atoms with Crippen molar-refractivity contribution in [1.82, 2.24) is 0 Å². The molecule has 5 heteroatoms. The summed E-state index contributed by atoms with van der Waals surface area (Å²) in [6, 6.07) is 7.25. The lowest BCUT2D eigenvalue weighted by molar-refractivity contribution is 0.166. The smallest absolute Gasteiger partial charge is 0.147 e. The highest BCUT2D eigenvalue weighted by Gasteiger charge is 2.10. The summed E-state index contributed by atoms with van der Waals surface area (Å²) in [4.78, 5) is 0. The van der Waals surface area contributed by atoms with Crippen LogP contribution < -0.4 is 4.74 Å². The molecule has 0 spiro atoms.